The zero-order valence-electron chi connectivity index (χ0n) is 14.6. The van der Waals surface area contributed by atoms with E-state index in [4.69, 9.17) is 28.8 Å². The summed E-state index contributed by atoms with van der Waals surface area (Å²) in [5.74, 6) is -0.235. The maximum absolute atomic E-state index is 10.9. The third-order valence-corrected chi connectivity index (χ3v) is 6.45. The number of fused-ring (bicyclic) bond motifs is 2. The van der Waals surface area contributed by atoms with Gasteiger partial charge in [0.2, 0.25) is 0 Å². The van der Waals surface area contributed by atoms with E-state index in [1.807, 2.05) is 0 Å². The van der Waals surface area contributed by atoms with Gasteiger partial charge in [0.15, 0.2) is 0 Å². The van der Waals surface area contributed by atoms with Crippen molar-refractivity contribution >= 4 is 38.3 Å². The van der Waals surface area contributed by atoms with Gasteiger partial charge in [-0.15, -0.1) is 0 Å². The number of anilines is 1. The molecule has 146 valence electrons. The number of carbonyl (C=O) groups excluding carboxylic acids is 1. The Morgan fingerprint density at radius 2 is 2.33 bits per heavy atom. The van der Waals surface area contributed by atoms with Crippen molar-refractivity contribution in [2.24, 2.45) is 0 Å². The number of esters is 1. The third-order valence-electron chi connectivity index (χ3n) is 4.41. The van der Waals surface area contributed by atoms with Gasteiger partial charge in [-0.2, -0.15) is 0 Å². The van der Waals surface area contributed by atoms with E-state index in [-0.39, 0.29) is 19.2 Å². The number of rotatable bonds is 4. The molecule has 4 heterocycles. The quantitative estimate of drug-likeness (QED) is 0.272. The van der Waals surface area contributed by atoms with E-state index in [0.29, 0.717) is 11.2 Å². The van der Waals surface area contributed by atoms with Crippen LogP contribution < -0.4 is 5.73 Å². The van der Waals surface area contributed by atoms with Gasteiger partial charge in [-0.25, -0.2) is 0 Å². The first-order valence-corrected chi connectivity index (χ1v) is 10.5. The summed E-state index contributed by atoms with van der Waals surface area (Å²) in [6.07, 6.45) is -0.176. The maximum atomic E-state index is 10.9. The average Bonchev–Trinajstić information content (AvgIpc) is 3.17. The second kappa shape index (κ2) is 6.93. The summed E-state index contributed by atoms with van der Waals surface area (Å²) in [5, 5.41) is 10.8. The van der Waals surface area contributed by atoms with Crippen LogP contribution in [0.2, 0.25) is 0 Å². The van der Waals surface area contributed by atoms with Gasteiger partial charge in [0, 0.05) is 0 Å². The van der Waals surface area contributed by atoms with Crippen molar-refractivity contribution in [2.45, 2.75) is 31.5 Å². The molecule has 4 rings (SSSR count). The van der Waals surface area contributed by atoms with Gasteiger partial charge in [-0.3, -0.25) is 0 Å². The van der Waals surface area contributed by atoms with Crippen LogP contribution in [0.4, 0.5) is 5.82 Å². The van der Waals surface area contributed by atoms with Crippen molar-refractivity contribution in [1.82, 2.24) is 19.5 Å². The number of imidazole rings is 1. The summed E-state index contributed by atoms with van der Waals surface area (Å²) in [5.41, 5.74) is 6.66. The van der Waals surface area contributed by atoms with E-state index in [1.54, 1.807) is 12.1 Å². The molecule has 27 heavy (non-hydrogen) atoms. The van der Waals surface area contributed by atoms with Crippen LogP contribution in [0.3, 0.4) is 0 Å². The van der Waals surface area contributed by atoms with Crippen LogP contribution in [0.5, 0.6) is 0 Å². The molecule has 3 N–H and O–H groups in total. The third kappa shape index (κ3) is 3.37. The molecular weight excluding hydrogens is 380 g/mol. The molecule has 1 unspecified atom stereocenters. The second-order valence-electron chi connectivity index (χ2n) is 6.29. The normalized spacial score (nSPS) is 30.7. The van der Waals surface area contributed by atoms with Crippen molar-refractivity contribution in [3.63, 3.8) is 0 Å². The standard InChI is InChI=1S/C13H19BN5O7P/c1-6(20)22-5-24-27(14)23-2-7-10(26-27)9(21)13(25-7)19-4-18-8-11(15)16-3-17-12(8)19/h3-4,7,9-10,13,21,27H,2,5,14H2,1H3,(H2,15,16,17)/t7-,9?,10-,13-/m1/s1. The van der Waals surface area contributed by atoms with Crippen molar-refractivity contribution in [3.05, 3.63) is 12.7 Å². The van der Waals surface area contributed by atoms with Crippen molar-refractivity contribution in [3.8, 4) is 0 Å². The van der Waals surface area contributed by atoms with Crippen LogP contribution in [-0.4, -0.2) is 69.9 Å². The Balaban J connectivity index is 1.52. The number of nitrogen functional groups attached to an aromatic ring is 1. The molecule has 2 saturated heterocycles. The van der Waals surface area contributed by atoms with Crippen LogP contribution in [0.15, 0.2) is 12.7 Å². The number of aromatic nitrogens is 4. The van der Waals surface area contributed by atoms with Gasteiger partial charge in [0.1, 0.15) is 0 Å². The van der Waals surface area contributed by atoms with Gasteiger partial charge < -0.3 is 0 Å². The molecule has 0 amide bonds. The predicted molar refractivity (Wildman–Crippen MR) is 95.1 cm³/mol. The number of carbonyl (C=O) groups is 1. The molecule has 2 aliphatic heterocycles. The Morgan fingerprint density at radius 3 is 3.11 bits per heavy atom. The minimum absolute atomic E-state index is 0.171. The molecule has 14 heteroatoms. The molecule has 2 aliphatic rings. The van der Waals surface area contributed by atoms with Crippen LogP contribution in [0.25, 0.3) is 11.2 Å². The molecule has 12 nitrogen and oxygen atoms in total. The molecule has 0 spiro atoms. The van der Waals surface area contributed by atoms with Gasteiger partial charge in [0.05, 0.1) is 0 Å². The van der Waals surface area contributed by atoms with E-state index in [0.717, 1.165) is 0 Å². The summed E-state index contributed by atoms with van der Waals surface area (Å²) < 4.78 is 29.3. The molecule has 4 atom stereocenters. The molecule has 2 fully saturated rings. The number of aliphatic hydroxyl groups excluding tert-OH is 1. The predicted octanol–water partition coefficient (Wildman–Crippen LogP) is -1.34. The molecule has 0 saturated carbocycles. The number of nitrogens with zero attached hydrogens (tertiary/aromatic N) is 4. The van der Waals surface area contributed by atoms with Crippen molar-refractivity contribution in [1.29, 1.82) is 0 Å². The van der Waals surface area contributed by atoms with Gasteiger partial charge in [-0.1, -0.05) is 0 Å². The van der Waals surface area contributed by atoms with Crippen LogP contribution >= 0.6 is 7.82 Å². The number of hydrogen-bond acceptors (Lipinski definition) is 11. The summed E-state index contributed by atoms with van der Waals surface area (Å²) in [4.78, 5) is 23.1. The molecule has 0 bridgehead atoms. The fraction of sp³-hybridized carbons (Fsp3) is 0.538. The average molecular weight is 399 g/mol. The Bertz CT molecular complexity index is 871. The fourth-order valence-corrected chi connectivity index (χ4v) is 4.84. The summed E-state index contributed by atoms with van der Waals surface area (Å²) in [6, 6.07) is 0. The Kier molecular flexibility index (Phi) is 4.74. The van der Waals surface area contributed by atoms with Crippen molar-refractivity contribution in [2.75, 3.05) is 19.1 Å². The van der Waals surface area contributed by atoms with Crippen LogP contribution in [0, 0.1) is 0 Å². The molecule has 0 aliphatic carbocycles. The number of hydrogen-bond donors (Lipinski definition) is 2. The van der Waals surface area contributed by atoms with Crippen LogP contribution in [-0.2, 0) is 27.8 Å². The first kappa shape index (κ1) is 18.5. The van der Waals surface area contributed by atoms with Gasteiger partial charge >= 0.3 is 154 Å². The zero-order chi connectivity index (χ0) is 19.2. The Morgan fingerprint density at radius 1 is 1.52 bits per heavy atom. The van der Waals surface area contributed by atoms with E-state index >= 15 is 0 Å². The molecule has 0 radical (unpaired) electrons. The molecule has 2 aromatic heterocycles. The molecule has 0 aromatic carbocycles. The minimum atomic E-state index is -3.10. The topological polar surface area (TPSA) is 153 Å². The van der Waals surface area contributed by atoms with Gasteiger partial charge in [0.25, 0.3) is 0 Å². The zero-order valence-corrected chi connectivity index (χ0v) is 15.6. The first-order valence-electron chi connectivity index (χ1n) is 8.23. The van der Waals surface area contributed by atoms with E-state index in [1.165, 1.54) is 19.6 Å². The first-order chi connectivity index (χ1) is 12.9. The van der Waals surface area contributed by atoms with E-state index < -0.39 is 38.3 Å². The van der Waals surface area contributed by atoms with Crippen molar-refractivity contribution < 1.29 is 32.9 Å². The Hall–Kier alpha value is -1.89. The fourth-order valence-electron chi connectivity index (χ4n) is 3.10. The van der Waals surface area contributed by atoms with E-state index in [9.17, 15) is 9.90 Å². The summed E-state index contributed by atoms with van der Waals surface area (Å²) in [6.45, 7) is 1.17. The summed E-state index contributed by atoms with van der Waals surface area (Å²) in [7, 11) is -1.44. The molecule has 2 aromatic rings. The number of ether oxygens (including phenoxy) is 2. The number of aliphatic hydroxyl groups is 1. The van der Waals surface area contributed by atoms with E-state index in [2.05, 4.69) is 15.0 Å². The number of nitrogens with two attached hydrogens (primary N) is 1. The molecular formula is C13H19BN5O7P. The van der Waals surface area contributed by atoms with Gasteiger partial charge in [-0.05, 0) is 0 Å². The second-order valence-corrected chi connectivity index (χ2v) is 8.83. The Labute approximate surface area is 154 Å². The summed E-state index contributed by atoms with van der Waals surface area (Å²) >= 11 is 0. The SMILES string of the molecule is B[PH]1(OCOC(C)=O)OC[C@H]2O[C@@H](n3cnc4c(N)ncnc43)C(O)[C@@H]2O1. The van der Waals surface area contributed by atoms with Crippen LogP contribution in [0.1, 0.15) is 13.2 Å². The monoisotopic (exact) mass is 399 g/mol.